The van der Waals surface area contributed by atoms with Crippen molar-refractivity contribution in [1.82, 2.24) is 9.59 Å². The molecule has 0 unspecified atom stereocenters. The highest BCUT2D eigenvalue weighted by atomic mass is 79.9. The number of hydrazine groups is 1. The summed E-state index contributed by atoms with van der Waals surface area (Å²) in [7, 11) is 0. The van der Waals surface area contributed by atoms with Crippen LogP contribution < -0.4 is 16.0 Å². The Balaban J connectivity index is 2.18. The van der Waals surface area contributed by atoms with Crippen molar-refractivity contribution in [2.75, 3.05) is 5.43 Å². The van der Waals surface area contributed by atoms with E-state index in [9.17, 15) is 10.1 Å². The molecule has 0 spiro atoms. The topological polar surface area (TPSA) is 116 Å². The molecule has 19 heavy (non-hydrogen) atoms. The second-order valence-corrected chi connectivity index (χ2v) is 5.02. The van der Waals surface area contributed by atoms with Crippen LogP contribution in [0.2, 0.25) is 0 Å². The smallest absolute Gasteiger partial charge is 0.312 e. The Labute approximate surface area is 120 Å². The van der Waals surface area contributed by atoms with E-state index in [4.69, 9.17) is 10.6 Å². The van der Waals surface area contributed by atoms with Gasteiger partial charge in [-0.2, -0.15) is 0 Å². The first-order valence-corrected chi connectivity index (χ1v) is 6.53. The van der Waals surface area contributed by atoms with Crippen molar-refractivity contribution >= 4 is 38.2 Å². The summed E-state index contributed by atoms with van der Waals surface area (Å²) < 4.78 is 9.69. The van der Waals surface area contributed by atoms with E-state index in [0.29, 0.717) is 15.2 Å². The lowest BCUT2D eigenvalue weighted by atomic mass is 10.3. The summed E-state index contributed by atoms with van der Waals surface area (Å²) in [5.41, 5.74) is 2.80. The maximum atomic E-state index is 10.9. The second kappa shape index (κ2) is 5.91. The molecule has 2 aromatic rings. The van der Waals surface area contributed by atoms with Gasteiger partial charge >= 0.3 is 5.69 Å². The third kappa shape index (κ3) is 3.16. The average Bonchev–Trinajstić information content (AvgIpc) is 2.84. The Morgan fingerprint density at radius 2 is 2.37 bits per heavy atom. The number of rotatable bonds is 5. The third-order valence-electron chi connectivity index (χ3n) is 2.17. The Hall–Kier alpha value is -1.78. The average molecular weight is 346 g/mol. The van der Waals surface area contributed by atoms with Gasteiger partial charge in [-0.05, 0) is 12.1 Å². The van der Waals surface area contributed by atoms with Crippen LogP contribution in [0.4, 0.5) is 10.7 Å². The molecule has 0 bridgehead atoms. The monoisotopic (exact) mass is 345 g/mol. The minimum Gasteiger partial charge on any atom is -0.480 e. The lowest BCUT2D eigenvalue weighted by Crippen LogP contribution is -2.09. The summed E-state index contributed by atoms with van der Waals surface area (Å²) >= 11 is 4.25. The first kappa shape index (κ1) is 13.6. The highest BCUT2D eigenvalue weighted by molar-refractivity contribution is 9.10. The molecule has 10 heteroatoms. The largest absolute Gasteiger partial charge is 0.480 e. The number of anilines is 1. The highest BCUT2D eigenvalue weighted by Crippen LogP contribution is 2.31. The van der Waals surface area contributed by atoms with Crippen LogP contribution in [0.1, 0.15) is 5.69 Å². The number of nitrogens with two attached hydrogens (primary N) is 1. The molecule has 0 fully saturated rings. The molecular formula is C9H8BrN5O3S. The molecule has 8 nitrogen and oxygen atoms in total. The van der Waals surface area contributed by atoms with Crippen molar-refractivity contribution in [2.45, 2.75) is 6.61 Å². The van der Waals surface area contributed by atoms with Crippen LogP contribution in [0.15, 0.2) is 22.7 Å². The van der Waals surface area contributed by atoms with Gasteiger partial charge in [-0.1, -0.05) is 20.4 Å². The Morgan fingerprint density at radius 3 is 3.05 bits per heavy atom. The molecule has 0 amide bonds. The van der Waals surface area contributed by atoms with E-state index in [-0.39, 0.29) is 18.0 Å². The minimum atomic E-state index is -0.512. The number of hydrogen-bond donors (Lipinski definition) is 2. The fraction of sp³-hybridized carbons (Fsp3) is 0.111. The molecule has 1 aromatic carbocycles. The lowest BCUT2D eigenvalue weighted by Gasteiger charge is -2.06. The van der Waals surface area contributed by atoms with Gasteiger partial charge in [0.05, 0.1) is 4.92 Å². The Kier molecular flexibility index (Phi) is 4.24. The van der Waals surface area contributed by atoms with Gasteiger partial charge in [-0.3, -0.25) is 10.1 Å². The van der Waals surface area contributed by atoms with Gasteiger partial charge in [0.2, 0.25) is 0 Å². The number of nitro groups is 1. The van der Waals surface area contributed by atoms with Gasteiger partial charge in [0.15, 0.2) is 10.8 Å². The SMILES string of the molecule is NNc1snnc1COc1ccc(Br)cc1[N+](=O)[O-]. The van der Waals surface area contributed by atoms with Crippen molar-refractivity contribution in [3.8, 4) is 5.75 Å². The van der Waals surface area contributed by atoms with Gasteiger partial charge in [0.1, 0.15) is 12.3 Å². The summed E-state index contributed by atoms with van der Waals surface area (Å²) in [5.74, 6) is 5.43. The van der Waals surface area contributed by atoms with Gasteiger partial charge in [-0.25, -0.2) is 5.84 Å². The number of benzene rings is 1. The summed E-state index contributed by atoms with van der Waals surface area (Å²) in [6.45, 7) is 0.0402. The van der Waals surface area contributed by atoms with Gasteiger partial charge < -0.3 is 10.2 Å². The third-order valence-corrected chi connectivity index (χ3v) is 3.36. The number of nitro benzene ring substituents is 1. The van der Waals surface area contributed by atoms with Crippen LogP contribution in [0.3, 0.4) is 0 Å². The number of halogens is 1. The zero-order chi connectivity index (χ0) is 13.8. The predicted octanol–water partition coefficient (Wildman–Crippen LogP) is 2.07. The van der Waals surface area contributed by atoms with Crippen LogP contribution in [-0.2, 0) is 6.61 Å². The molecule has 100 valence electrons. The molecule has 0 aliphatic carbocycles. The van der Waals surface area contributed by atoms with Crippen LogP contribution >= 0.6 is 27.5 Å². The quantitative estimate of drug-likeness (QED) is 0.484. The van der Waals surface area contributed by atoms with E-state index in [1.54, 1.807) is 6.07 Å². The Bertz CT molecular complexity index is 605. The number of aromatic nitrogens is 2. The van der Waals surface area contributed by atoms with Gasteiger partial charge in [0.25, 0.3) is 0 Å². The lowest BCUT2D eigenvalue weighted by molar-refractivity contribution is -0.386. The maximum Gasteiger partial charge on any atom is 0.312 e. The fourth-order valence-corrected chi connectivity index (χ4v) is 2.14. The number of nitrogens with zero attached hydrogens (tertiary/aromatic N) is 3. The molecule has 3 N–H and O–H groups in total. The number of hydrogen-bond acceptors (Lipinski definition) is 8. The zero-order valence-electron chi connectivity index (χ0n) is 9.37. The Morgan fingerprint density at radius 1 is 1.58 bits per heavy atom. The molecule has 0 aliphatic heterocycles. The van der Waals surface area contributed by atoms with Crippen molar-refractivity contribution in [1.29, 1.82) is 0 Å². The summed E-state index contributed by atoms with van der Waals surface area (Å²) in [5, 5.41) is 15.3. The van der Waals surface area contributed by atoms with Gasteiger partial charge in [-0.15, -0.1) is 5.10 Å². The van der Waals surface area contributed by atoms with E-state index >= 15 is 0 Å². The van der Waals surface area contributed by atoms with E-state index in [2.05, 4.69) is 30.9 Å². The zero-order valence-corrected chi connectivity index (χ0v) is 11.8. The van der Waals surface area contributed by atoms with E-state index in [0.717, 1.165) is 11.5 Å². The molecule has 0 aliphatic rings. The minimum absolute atomic E-state index is 0.0402. The fourth-order valence-electron chi connectivity index (χ4n) is 1.31. The van der Waals surface area contributed by atoms with Crippen LogP contribution in [0.5, 0.6) is 5.75 Å². The summed E-state index contributed by atoms with van der Waals surface area (Å²) in [6, 6.07) is 4.54. The molecule has 0 radical (unpaired) electrons. The maximum absolute atomic E-state index is 10.9. The molecule has 1 aromatic heterocycles. The molecule has 0 saturated heterocycles. The van der Waals surface area contributed by atoms with Crippen molar-refractivity contribution in [2.24, 2.45) is 5.84 Å². The first-order valence-electron chi connectivity index (χ1n) is 4.96. The van der Waals surface area contributed by atoms with E-state index < -0.39 is 4.92 Å². The molecule has 0 saturated carbocycles. The standard InChI is InChI=1S/C9H8BrN5O3S/c10-5-1-2-8(7(3-5)15(16)17)18-4-6-9(12-11)19-14-13-6/h1-3,12H,4,11H2. The van der Waals surface area contributed by atoms with Crippen LogP contribution in [-0.4, -0.2) is 14.5 Å². The van der Waals surface area contributed by atoms with E-state index in [1.807, 2.05) is 0 Å². The number of ether oxygens (including phenoxy) is 1. The van der Waals surface area contributed by atoms with E-state index in [1.165, 1.54) is 12.1 Å². The van der Waals surface area contributed by atoms with Crippen molar-refractivity contribution < 1.29 is 9.66 Å². The van der Waals surface area contributed by atoms with Gasteiger partial charge in [0, 0.05) is 22.1 Å². The molecule has 1 heterocycles. The number of nitrogens with one attached hydrogen (secondary N) is 1. The molecular weight excluding hydrogens is 338 g/mol. The van der Waals surface area contributed by atoms with Crippen molar-refractivity contribution in [3.63, 3.8) is 0 Å². The normalized spacial score (nSPS) is 10.2. The van der Waals surface area contributed by atoms with Crippen LogP contribution in [0.25, 0.3) is 0 Å². The number of nitrogen functional groups attached to an aromatic ring is 1. The molecule has 2 rings (SSSR count). The second-order valence-electron chi connectivity index (χ2n) is 3.35. The first-order chi connectivity index (χ1) is 9.11. The highest BCUT2D eigenvalue weighted by Gasteiger charge is 2.17. The molecule has 0 atom stereocenters. The van der Waals surface area contributed by atoms with Crippen molar-refractivity contribution in [3.05, 3.63) is 38.5 Å². The summed E-state index contributed by atoms with van der Waals surface area (Å²) in [4.78, 5) is 10.4. The predicted molar refractivity (Wildman–Crippen MR) is 72.8 cm³/mol. The summed E-state index contributed by atoms with van der Waals surface area (Å²) in [6.07, 6.45) is 0. The van der Waals surface area contributed by atoms with Crippen LogP contribution in [0, 0.1) is 10.1 Å².